The molecule has 2 aromatic carbocycles. The van der Waals surface area contributed by atoms with E-state index in [0.717, 1.165) is 11.3 Å². The summed E-state index contributed by atoms with van der Waals surface area (Å²) in [5.41, 5.74) is 1.72. The summed E-state index contributed by atoms with van der Waals surface area (Å²) in [4.78, 5) is 7.93. The van der Waals surface area contributed by atoms with E-state index in [1.165, 1.54) is 9.79 Å². The fraction of sp³-hybridized carbons (Fsp3) is 0.278. The van der Waals surface area contributed by atoms with Crippen molar-refractivity contribution >= 4 is 17.5 Å². The van der Waals surface area contributed by atoms with Crippen molar-refractivity contribution in [3.8, 4) is 0 Å². The molecule has 0 fully saturated rings. The Balaban J connectivity index is 2.24. The molecule has 0 aliphatic rings. The highest BCUT2D eigenvalue weighted by atomic mass is 32.2. The highest BCUT2D eigenvalue weighted by molar-refractivity contribution is 7.99. The Morgan fingerprint density at radius 1 is 0.952 bits per heavy atom. The van der Waals surface area contributed by atoms with Crippen molar-refractivity contribution in [2.24, 2.45) is 5.16 Å². The highest BCUT2D eigenvalue weighted by Crippen LogP contribution is 2.30. The van der Waals surface area contributed by atoms with E-state index in [9.17, 15) is 0 Å². The molecule has 0 spiro atoms. The van der Waals surface area contributed by atoms with Gasteiger partial charge in [-0.1, -0.05) is 53.3 Å². The Hall–Kier alpha value is -1.74. The fourth-order valence-corrected chi connectivity index (χ4v) is 2.74. The summed E-state index contributed by atoms with van der Waals surface area (Å²) in [5, 5.41) is 4.27. The first kappa shape index (κ1) is 15.6. The molecule has 0 saturated heterocycles. The van der Waals surface area contributed by atoms with Gasteiger partial charge in [0.1, 0.15) is 5.60 Å². The van der Waals surface area contributed by atoms with Gasteiger partial charge < -0.3 is 4.84 Å². The molecule has 0 N–H and O–H groups in total. The van der Waals surface area contributed by atoms with E-state index in [-0.39, 0.29) is 5.60 Å². The minimum atomic E-state index is -0.275. The molecule has 0 radical (unpaired) electrons. The second-order valence-electron chi connectivity index (χ2n) is 5.79. The van der Waals surface area contributed by atoms with Crippen molar-refractivity contribution in [1.29, 1.82) is 0 Å². The van der Waals surface area contributed by atoms with Crippen LogP contribution in [0.5, 0.6) is 0 Å². The molecular weight excluding hydrogens is 278 g/mol. The molecule has 21 heavy (non-hydrogen) atoms. The number of hydrogen-bond donors (Lipinski definition) is 0. The zero-order valence-corrected chi connectivity index (χ0v) is 13.8. The normalized spacial score (nSPS) is 12.3. The molecule has 0 heterocycles. The monoisotopic (exact) mass is 299 g/mol. The summed E-state index contributed by atoms with van der Waals surface area (Å²) >= 11 is 1.74. The lowest BCUT2D eigenvalue weighted by Crippen LogP contribution is -2.16. The standard InChI is InChI=1S/C18H21NOS/c1-14(19-20-18(2,3)4)16-12-8-9-13-17(16)21-15-10-6-5-7-11-15/h5-13H,1-4H3/b19-14-. The van der Waals surface area contributed by atoms with Crippen LogP contribution in [0.3, 0.4) is 0 Å². The lowest BCUT2D eigenvalue weighted by atomic mass is 10.1. The van der Waals surface area contributed by atoms with Gasteiger partial charge in [0, 0.05) is 15.4 Å². The van der Waals surface area contributed by atoms with Crippen LogP contribution in [0.4, 0.5) is 0 Å². The third-order valence-electron chi connectivity index (χ3n) is 2.70. The van der Waals surface area contributed by atoms with E-state index < -0.39 is 0 Å². The number of benzene rings is 2. The van der Waals surface area contributed by atoms with Crippen molar-refractivity contribution in [3.63, 3.8) is 0 Å². The SMILES string of the molecule is C/C(=N/OC(C)(C)C)c1ccccc1Sc1ccccc1. The predicted octanol–water partition coefficient (Wildman–Crippen LogP) is 5.38. The highest BCUT2D eigenvalue weighted by Gasteiger charge is 2.12. The molecule has 0 amide bonds. The van der Waals surface area contributed by atoms with Crippen LogP contribution in [0, 0.1) is 0 Å². The molecule has 0 aromatic heterocycles. The van der Waals surface area contributed by atoms with Gasteiger partial charge in [-0.25, -0.2) is 0 Å². The third kappa shape index (κ3) is 4.94. The molecule has 0 unspecified atom stereocenters. The van der Waals surface area contributed by atoms with Crippen LogP contribution in [-0.4, -0.2) is 11.3 Å². The van der Waals surface area contributed by atoms with Gasteiger partial charge in [-0.3, -0.25) is 0 Å². The van der Waals surface area contributed by atoms with Gasteiger partial charge in [-0.05, 0) is 45.9 Å². The average Bonchev–Trinajstić information content (AvgIpc) is 2.46. The zero-order valence-electron chi connectivity index (χ0n) is 13.0. The first-order valence-corrected chi connectivity index (χ1v) is 7.82. The second kappa shape index (κ2) is 6.81. The van der Waals surface area contributed by atoms with Crippen LogP contribution in [0.1, 0.15) is 33.3 Å². The van der Waals surface area contributed by atoms with Crippen LogP contribution < -0.4 is 0 Å². The van der Waals surface area contributed by atoms with Crippen LogP contribution in [0.15, 0.2) is 69.5 Å². The molecule has 2 rings (SSSR count). The summed E-state index contributed by atoms with van der Waals surface area (Å²) in [6, 6.07) is 18.6. The Kier molecular flexibility index (Phi) is 5.07. The van der Waals surface area contributed by atoms with Crippen LogP contribution >= 0.6 is 11.8 Å². The first-order valence-electron chi connectivity index (χ1n) is 7.01. The summed E-state index contributed by atoms with van der Waals surface area (Å²) in [6.45, 7) is 7.97. The molecule has 2 nitrogen and oxygen atoms in total. The Labute approximate surface area is 131 Å². The maximum Gasteiger partial charge on any atom is 0.129 e. The lowest BCUT2D eigenvalue weighted by molar-refractivity contribution is 0.000933. The van der Waals surface area contributed by atoms with Crippen molar-refractivity contribution in [1.82, 2.24) is 0 Å². The maximum absolute atomic E-state index is 5.53. The van der Waals surface area contributed by atoms with Crippen molar-refractivity contribution in [2.45, 2.75) is 43.1 Å². The van der Waals surface area contributed by atoms with Gasteiger partial charge in [0.05, 0.1) is 5.71 Å². The van der Waals surface area contributed by atoms with Crippen molar-refractivity contribution in [2.75, 3.05) is 0 Å². The molecule has 2 aromatic rings. The molecule has 0 aliphatic heterocycles. The Bertz CT molecular complexity index is 615. The zero-order chi connectivity index (χ0) is 15.3. The first-order chi connectivity index (χ1) is 9.96. The second-order valence-corrected chi connectivity index (χ2v) is 6.91. The maximum atomic E-state index is 5.53. The van der Waals surface area contributed by atoms with Crippen LogP contribution in [-0.2, 0) is 4.84 Å². The van der Waals surface area contributed by atoms with E-state index >= 15 is 0 Å². The topological polar surface area (TPSA) is 21.6 Å². The Morgan fingerprint density at radius 2 is 1.57 bits per heavy atom. The smallest absolute Gasteiger partial charge is 0.129 e. The number of nitrogens with zero attached hydrogens (tertiary/aromatic N) is 1. The number of hydrogen-bond acceptors (Lipinski definition) is 3. The van der Waals surface area contributed by atoms with E-state index in [1.54, 1.807) is 11.8 Å². The quantitative estimate of drug-likeness (QED) is 0.558. The van der Waals surface area contributed by atoms with Gasteiger partial charge in [-0.2, -0.15) is 0 Å². The third-order valence-corrected chi connectivity index (χ3v) is 3.79. The molecule has 3 heteroatoms. The predicted molar refractivity (Wildman–Crippen MR) is 90.1 cm³/mol. The average molecular weight is 299 g/mol. The van der Waals surface area contributed by atoms with E-state index in [4.69, 9.17) is 4.84 Å². The van der Waals surface area contributed by atoms with Crippen LogP contribution in [0.25, 0.3) is 0 Å². The van der Waals surface area contributed by atoms with Gasteiger partial charge in [0.2, 0.25) is 0 Å². The van der Waals surface area contributed by atoms with Gasteiger partial charge in [-0.15, -0.1) is 0 Å². The number of oxime groups is 1. The minimum absolute atomic E-state index is 0.275. The summed E-state index contributed by atoms with van der Waals surface area (Å²) in [6.07, 6.45) is 0. The van der Waals surface area contributed by atoms with E-state index in [0.29, 0.717) is 0 Å². The van der Waals surface area contributed by atoms with Gasteiger partial charge in [0.25, 0.3) is 0 Å². The van der Waals surface area contributed by atoms with Crippen molar-refractivity contribution in [3.05, 3.63) is 60.2 Å². The molecular formula is C18H21NOS. The van der Waals surface area contributed by atoms with Crippen molar-refractivity contribution < 1.29 is 4.84 Å². The minimum Gasteiger partial charge on any atom is -0.390 e. The van der Waals surface area contributed by atoms with Gasteiger partial charge in [0.15, 0.2) is 0 Å². The summed E-state index contributed by atoms with van der Waals surface area (Å²) in [5.74, 6) is 0. The fourth-order valence-electron chi connectivity index (χ4n) is 1.72. The van der Waals surface area contributed by atoms with E-state index in [2.05, 4.69) is 41.6 Å². The van der Waals surface area contributed by atoms with Gasteiger partial charge >= 0.3 is 0 Å². The Morgan fingerprint density at radius 3 is 2.24 bits per heavy atom. The molecule has 0 atom stereocenters. The molecule has 0 bridgehead atoms. The number of rotatable bonds is 4. The summed E-state index contributed by atoms with van der Waals surface area (Å²) in [7, 11) is 0. The van der Waals surface area contributed by atoms with E-state index in [1.807, 2.05) is 45.9 Å². The molecule has 0 saturated carbocycles. The summed E-state index contributed by atoms with van der Waals surface area (Å²) < 4.78 is 0. The largest absolute Gasteiger partial charge is 0.390 e. The lowest BCUT2D eigenvalue weighted by Gasteiger charge is -2.17. The van der Waals surface area contributed by atoms with Crippen LogP contribution in [0.2, 0.25) is 0 Å². The molecule has 0 aliphatic carbocycles. The molecule has 110 valence electrons.